The lowest BCUT2D eigenvalue weighted by molar-refractivity contribution is 0.305. The van der Waals surface area contributed by atoms with Crippen molar-refractivity contribution in [1.29, 1.82) is 0 Å². The van der Waals surface area contributed by atoms with Gasteiger partial charge < -0.3 is 4.74 Å². The summed E-state index contributed by atoms with van der Waals surface area (Å²) in [5.41, 5.74) is 3.06. The molecule has 0 saturated heterocycles. The maximum atomic E-state index is 13.0. The number of halogens is 2. The van der Waals surface area contributed by atoms with Gasteiger partial charge in [-0.15, -0.1) is 0 Å². The molecular weight excluding hydrogens is 439 g/mol. The monoisotopic (exact) mass is 452 g/mol. The van der Waals surface area contributed by atoms with Crippen molar-refractivity contribution in [3.63, 3.8) is 0 Å². The zero-order chi connectivity index (χ0) is 20.7. The molecule has 3 aromatic carbocycles. The molecule has 0 fully saturated rings. The first-order chi connectivity index (χ1) is 14.6. The molecule has 0 amide bonds. The standard InChI is InChI=1S/C23H14Cl2N2O2S/c24-16-7-5-8-17(25)15(16)13-29-20-11-4-1-6-14(20)12-21-22(28)27-19-10-3-2-9-18(19)26-23(27)30-21/h1-12H,13H2/b21-12-. The van der Waals surface area contributed by atoms with E-state index in [1.54, 1.807) is 22.6 Å². The van der Waals surface area contributed by atoms with Crippen LogP contribution in [-0.4, -0.2) is 9.38 Å². The third kappa shape index (κ3) is 3.35. The van der Waals surface area contributed by atoms with Gasteiger partial charge in [-0.3, -0.25) is 4.79 Å². The molecule has 0 aliphatic heterocycles. The van der Waals surface area contributed by atoms with Gasteiger partial charge in [-0.25, -0.2) is 9.38 Å². The predicted molar refractivity (Wildman–Crippen MR) is 123 cm³/mol. The normalized spacial score (nSPS) is 12.1. The number of thiazole rings is 1. The van der Waals surface area contributed by atoms with E-state index in [0.29, 0.717) is 25.3 Å². The van der Waals surface area contributed by atoms with Gasteiger partial charge in [0.1, 0.15) is 12.4 Å². The molecule has 5 aromatic rings. The molecule has 0 atom stereocenters. The molecule has 2 heterocycles. The van der Waals surface area contributed by atoms with Gasteiger partial charge in [0.05, 0.1) is 15.6 Å². The Kier molecular flexibility index (Phi) is 4.95. The summed E-state index contributed by atoms with van der Waals surface area (Å²) in [6, 6.07) is 20.5. The predicted octanol–water partition coefficient (Wildman–Crippen LogP) is 5.34. The fraction of sp³-hybridized carbons (Fsp3) is 0.0435. The molecule has 2 aromatic heterocycles. The quantitative estimate of drug-likeness (QED) is 0.369. The first-order valence-electron chi connectivity index (χ1n) is 9.18. The third-order valence-corrected chi connectivity index (χ3v) is 6.46. The van der Waals surface area contributed by atoms with Crippen molar-refractivity contribution in [2.75, 3.05) is 0 Å². The molecule has 0 saturated carbocycles. The summed E-state index contributed by atoms with van der Waals surface area (Å²) >= 11 is 13.8. The third-order valence-electron chi connectivity index (χ3n) is 4.78. The Morgan fingerprint density at radius 1 is 0.967 bits per heavy atom. The van der Waals surface area contributed by atoms with E-state index in [1.807, 2.05) is 54.6 Å². The molecular formula is C23H14Cl2N2O2S. The van der Waals surface area contributed by atoms with Gasteiger partial charge in [0.15, 0.2) is 4.96 Å². The van der Waals surface area contributed by atoms with Crippen molar-refractivity contribution >= 4 is 56.6 Å². The van der Waals surface area contributed by atoms with Gasteiger partial charge in [-0.2, -0.15) is 0 Å². The molecule has 0 unspecified atom stereocenters. The smallest absolute Gasteiger partial charge is 0.274 e. The Morgan fingerprint density at radius 3 is 2.53 bits per heavy atom. The molecule has 0 spiro atoms. The second kappa shape index (κ2) is 7.76. The molecule has 4 nitrogen and oxygen atoms in total. The second-order valence-corrected chi connectivity index (χ2v) is 8.48. The van der Waals surface area contributed by atoms with Gasteiger partial charge in [-0.1, -0.05) is 70.9 Å². The van der Waals surface area contributed by atoms with E-state index in [9.17, 15) is 4.79 Å². The number of ether oxygens (including phenoxy) is 1. The van der Waals surface area contributed by atoms with Crippen LogP contribution in [0.5, 0.6) is 5.75 Å². The lowest BCUT2D eigenvalue weighted by Crippen LogP contribution is -2.22. The summed E-state index contributed by atoms with van der Waals surface area (Å²) in [7, 11) is 0. The van der Waals surface area contributed by atoms with E-state index in [1.165, 1.54) is 11.3 Å². The van der Waals surface area contributed by atoms with Gasteiger partial charge in [0.25, 0.3) is 5.56 Å². The summed E-state index contributed by atoms with van der Waals surface area (Å²) < 4.78 is 8.25. The lowest BCUT2D eigenvalue weighted by Gasteiger charge is -2.11. The van der Waals surface area contributed by atoms with E-state index in [0.717, 1.165) is 22.2 Å². The maximum absolute atomic E-state index is 13.0. The molecule has 0 N–H and O–H groups in total. The van der Waals surface area contributed by atoms with Crippen LogP contribution in [0, 0.1) is 0 Å². The Morgan fingerprint density at radius 2 is 1.70 bits per heavy atom. The first kappa shape index (κ1) is 19.1. The van der Waals surface area contributed by atoms with E-state index < -0.39 is 0 Å². The van der Waals surface area contributed by atoms with Crippen LogP contribution in [-0.2, 0) is 6.61 Å². The average Bonchev–Trinajstić information content (AvgIpc) is 3.25. The van der Waals surface area contributed by atoms with E-state index in [-0.39, 0.29) is 12.2 Å². The van der Waals surface area contributed by atoms with Gasteiger partial charge in [-0.05, 0) is 36.4 Å². The largest absolute Gasteiger partial charge is 0.488 e. The Balaban J connectivity index is 1.55. The number of nitrogens with zero attached hydrogens (tertiary/aromatic N) is 2. The molecule has 5 rings (SSSR count). The van der Waals surface area contributed by atoms with Gasteiger partial charge in [0.2, 0.25) is 0 Å². The van der Waals surface area contributed by atoms with Crippen LogP contribution in [0.2, 0.25) is 10.0 Å². The maximum Gasteiger partial charge on any atom is 0.274 e. The minimum absolute atomic E-state index is 0.0901. The molecule has 148 valence electrons. The van der Waals surface area contributed by atoms with Crippen molar-refractivity contribution in [3.8, 4) is 5.75 Å². The van der Waals surface area contributed by atoms with Crippen LogP contribution >= 0.6 is 34.5 Å². The van der Waals surface area contributed by atoms with Crippen LogP contribution in [0.3, 0.4) is 0 Å². The number of fused-ring (bicyclic) bond motifs is 3. The fourth-order valence-electron chi connectivity index (χ4n) is 3.30. The van der Waals surface area contributed by atoms with Gasteiger partial charge in [0, 0.05) is 21.2 Å². The number of rotatable bonds is 4. The van der Waals surface area contributed by atoms with Crippen LogP contribution in [0.15, 0.2) is 71.5 Å². The van der Waals surface area contributed by atoms with Crippen LogP contribution in [0.25, 0.3) is 22.1 Å². The molecule has 30 heavy (non-hydrogen) atoms. The van der Waals surface area contributed by atoms with Crippen molar-refractivity contribution in [1.82, 2.24) is 9.38 Å². The SMILES string of the molecule is O=c1/c(=C/c2ccccc2OCc2c(Cl)cccc2Cl)sc2nc3ccccc3n12. The molecule has 7 heteroatoms. The molecule has 0 bridgehead atoms. The van der Waals surface area contributed by atoms with E-state index in [2.05, 4.69) is 4.98 Å². The van der Waals surface area contributed by atoms with Crippen molar-refractivity contribution in [2.24, 2.45) is 0 Å². The number of para-hydroxylation sites is 3. The number of benzene rings is 3. The summed E-state index contributed by atoms with van der Waals surface area (Å²) in [4.78, 5) is 18.2. The minimum Gasteiger partial charge on any atom is -0.488 e. The Hall–Kier alpha value is -2.86. The Labute approximate surface area is 185 Å². The summed E-state index contributed by atoms with van der Waals surface area (Å²) in [6.45, 7) is 0.228. The topological polar surface area (TPSA) is 43.6 Å². The molecule has 0 radical (unpaired) electrons. The highest BCUT2D eigenvalue weighted by Crippen LogP contribution is 2.27. The lowest BCUT2D eigenvalue weighted by atomic mass is 10.2. The number of imidazole rings is 1. The second-order valence-electron chi connectivity index (χ2n) is 6.66. The van der Waals surface area contributed by atoms with Crippen LogP contribution < -0.4 is 14.8 Å². The van der Waals surface area contributed by atoms with Crippen molar-refractivity contribution in [2.45, 2.75) is 6.61 Å². The zero-order valence-corrected chi connectivity index (χ0v) is 17.8. The van der Waals surface area contributed by atoms with Crippen LogP contribution in [0.4, 0.5) is 0 Å². The minimum atomic E-state index is -0.0901. The summed E-state index contributed by atoms with van der Waals surface area (Å²) in [5, 5.41) is 1.11. The zero-order valence-electron chi connectivity index (χ0n) is 15.5. The highest BCUT2D eigenvalue weighted by molar-refractivity contribution is 7.15. The Bertz CT molecular complexity index is 1490. The summed E-state index contributed by atoms with van der Waals surface area (Å²) in [5.74, 6) is 0.642. The number of hydrogen-bond acceptors (Lipinski definition) is 4. The molecule has 0 aliphatic carbocycles. The van der Waals surface area contributed by atoms with Crippen molar-refractivity contribution < 1.29 is 4.74 Å². The highest BCUT2D eigenvalue weighted by Gasteiger charge is 2.12. The van der Waals surface area contributed by atoms with Crippen molar-refractivity contribution in [3.05, 3.63) is 103 Å². The number of aromatic nitrogens is 2. The van der Waals surface area contributed by atoms with Gasteiger partial charge >= 0.3 is 0 Å². The highest BCUT2D eigenvalue weighted by atomic mass is 35.5. The first-order valence-corrected chi connectivity index (χ1v) is 10.8. The average molecular weight is 453 g/mol. The summed E-state index contributed by atoms with van der Waals surface area (Å²) in [6.07, 6.45) is 1.83. The van der Waals surface area contributed by atoms with E-state index in [4.69, 9.17) is 27.9 Å². The fourth-order valence-corrected chi connectivity index (χ4v) is 4.79. The van der Waals surface area contributed by atoms with Crippen LogP contribution in [0.1, 0.15) is 11.1 Å². The molecule has 0 aliphatic rings. The number of hydrogen-bond donors (Lipinski definition) is 0. The van der Waals surface area contributed by atoms with E-state index >= 15 is 0 Å².